The first-order valence-electron chi connectivity index (χ1n) is 6.12. The summed E-state index contributed by atoms with van der Waals surface area (Å²) in [6.07, 6.45) is 0. The van der Waals surface area contributed by atoms with E-state index < -0.39 is 15.8 Å². The Morgan fingerprint density at radius 2 is 1.76 bits per heavy atom. The lowest BCUT2D eigenvalue weighted by atomic mass is 10.3. The zero-order valence-corrected chi connectivity index (χ0v) is 12.5. The molecular formula is C14H13ClFNO3S. The summed E-state index contributed by atoms with van der Waals surface area (Å²) < 4.78 is 44.8. The molecule has 0 saturated carbocycles. The van der Waals surface area contributed by atoms with E-state index >= 15 is 0 Å². The molecular weight excluding hydrogens is 317 g/mol. The normalized spacial score (nSPS) is 11.3. The van der Waals surface area contributed by atoms with Gasteiger partial charge < -0.3 is 4.74 Å². The molecule has 4 nitrogen and oxygen atoms in total. The number of hydrogen-bond donors (Lipinski definition) is 1. The van der Waals surface area contributed by atoms with E-state index in [2.05, 4.69) is 4.72 Å². The third-order valence-corrected chi connectivity index (χ3v) is 4.58. The minimum absolute atomic E-state index is 0.00188. The number of halogens is 2. The van der Waals surface area contributed by atoms with Crippen molar-refractivity contribution in [1.82, 2.24) is 4.72 Å². The number of sulfonamides is 1. The SMILES string of the molecule is O=S(=O)(NCCOc1ccccc1F)c1ccccc1Cl. The Balaban J connectivity index is 1.92. The molecule has 0 amide bonds. The molecule has 0 atom stereocenters. The molecule has 0 aromatic heterocycles. The van der Waals surface area contributed by atoms with Crippen LogP contribution in [0.4, 0.5) is 4.39 Å². The Hall–Kier alpha value is -1.63. The lowest BCUT2D eigenvalue weighted by Gasteiger charge is -2.09. The zero-order valence-electron chi connectivity index (χ0n) is 10.9. The van der Waals surface area contributed by atoms with Gasteiger partial charge in [-0.05, 0) is 24.3 Å². The van der Waals surface area contributed by atoms with Crippen molar-refractivity contribution in [2.75, 3.05) is 13.2 Å². The summed E-state index contributed by atoms with van der Waals surface area (Å²) in [5, 5.41) is 0.139. The molecule has 112 valence electrons. The fourth-order valence-electron chi connectivity index (χ4n) is 1.64. The van der Waals surface area contributed by atoms with Gasteiger partial charge in [0.15, 0.2) is 11.6 Å². The fourth-order valence-corrected chi connectivity index (χ4v) is 3.17. The van der Waals surface area contributed by atoms with Crippen molar-refractivity contribution in [3.05, 3.63) is 59.4 Å². The molecule has 0 aliphatic rings. The van der Waals surface area contributed by atoms with Gasteiger partial charge in [-0.1, -0.05) is 35.9 Å². The molecule has 0 aliphatic heterocycles. The summed E-state index contributed by atoms with van der Waals surface area (Å²) in [5.74, 6) is -0.416. The molecule has 0 unspecified atom stereocenters. The second-order valence-electron chi connectivity index (χ2n) is 4.11. The second kappa shape index (κ2) is 6.89. The molecule has 2 aromatic rings. The minimum atomic E-state index is -3.71. The van der Waals surface area contributed by atoms with Gasteiger partial charge in [-0.3, -0.25) is 0 Å². The van der Waals surface area contributed by atoms with Crippen LogP contribution in [0.2, 0.25) is 5.02 Å². The molecule has 0 heterocycles. The number of hydrogen-bond acceptors (Lipinski definition) is 3. The molecule has 0 bridgehead atoms. The van der Waals surface area contributed by atoms with Gasteiger partial charge in [-0.25, -0.2) is 17.5 Å². The van der Waals surface area contributed by atoms with Crippen LogP contribution in [-0.4, -0.2) is 21.6 Å². The van der Waals surface area contributed by atoms with E-state index in [0.717, 1.165) is 0 Å². The maximum atomic E-state index is 13.3. The van der Waals surface area contributed by atoms with Gasteiger partial charge in [0.1, 0.15) is 11.5 Å². The van der Waals surface area contributed by atoms with Gasteiger partial charge in [-0.15, -0.1) is 0 Å². The maximum absolute atomic E-state index is 13.3. The Bertz CT molecular complexity index is 722. The summed E-state index contributed by atoms with van der Waals surface area (Å²) in [4.78, 5) is -0.00226. The quantitative estimate of drug-likeness (QED) is 0.829. The van der Waals surface area contributed by atoms with Crippen LogP contribution < -0.4 is 9.46 Å². The van der Waals surface area contributed by atoms with Gasteiger partial charge in [0.05, 0.1) is 5.02 Å². The molecule has 0 spiro atoms. The molecule has 1 N–H and O–H groups in total. The van der Waals surface area contributed by atoms with Gasteiger partial charge in [0.2, 0.25) is 10.0 Å². The van der Waals surface area contributed by atoms with Crippen LogP contribution in [0, 0.1) is 5.82 Å². The Morgan fingerprint density at radius 1 is 1.10 bits per heavy atom. The maximum Gasteiger partial charge on any atom is 0.242 e. The summed E-state index contributed by atoms with van der Waals surface area (Å²) in [6.45, 7) is 0.00646. The van der Waals surface area contributed by atoms with Crippen molar-refractivity contribution in [2.45, 2.75) is 4.90 Å². The van der Waals surface area contributed by atoms with Gasteiger partial charge in [0, 0.05) is 6.54 Å². The van der Waals surface area contributed by atoms with E-state index in [4.69, 9.17) is 16.3 Å². The highest BCUT2D eigenvalue weighted by Crippen LogP contribution is 2.20. The highest BCUT2D eigenvalue weighted by Gasteiger charge is 2.16. The Labute approximate surface area is 127 Å². The average Bonchev–Trinajstić information content (AvgIpc) is 2.45. The minimum Gasteiger partial charge on any atom is -0.489 e. The molecule has 2 aromatic carbocycles. The van der Waals surface area contributed by atoms with Gasteiger partial charge in [0.25, 0.3) is 0 Å². The molecule has 0 radical (unpaired) electrons. The van der Waals surface area contributed by atoms with Crippen LogP contribution in [0.5, 0.6) is 5.75 Å². The van der Waals surface area contributed by atoms with Crippen LogP contribution in [0.1, 0.15) is 0 Å². The fraction of sp³-hybridized carbons (Fsp3) is 0.143. The van der Waals surface area contributed by atoms with Gasteiger partial charge >= 0.3 is 0 Å². The number of rotatable bonds is 6. The number of nitrogens with one attached hydrogen (secondary N) is 1. The first-order chi connectivity index (χ1) is 10.0. The van der Waals surface area contributed by atoms with Crippen LogP contribution in [0.15, 0.2) is 53.4 Å². The first-order valence-corrected chi connectivity index (χ1v) is 7.98. The highest BCUT2D eigenvalue weighted by atomic mass is 35.5. The molecule has 21 heavy (non-hydrogen) atoms. The summed E-state index contributed by atoms with van der Waals surface area (Å²) in [7, 11) is -3.71. The van der Waals surface area contributed by atoms with Crippen molar-refractivity contribution in [3.8, 4) is 5.75 Å². The predicted octanol–water partition coefficient (Wildman–Crippen LogP) is 2.84. The molecule has 0 aliphatic carbocycles. The number of para-hydroxylation sites is 1. The van der Waals surface area contributed by atoms with Gasteiger partial charge in [-0.2, -0.15) is 0 Å². The third kappa shape index (κ3) is 4.17. The van der Waals surface area contributed by atoms with E-state index in [0.29, 0.717) is 0 Å². The van der Waals surface area contributed by atoms with Crippen LogP contribution in [0.3, 0.4) is 0 Å². The third-order valence-electron chi connectivity index (χ3n) is 2.61. The van der Waals surface area contributed by atoms with Crippen LogP contribution in [0.25, 0.3) is 0 Å². The Morgan fingerprint density at radius 3 is 2.48 bits per heavy atom. The predicted molar refractivity (Wildman–Crippen MR) is 78.5 cm³/mol. The summed E-state index contributed by atoms with van der Waals surface area (Å²) in [6, 6.07) is 12.0. The van der Waals surface area contributed by atoms with E-state index in [1.54, 1.807) is 24.3 Å². The van der Waals surface area contributed by atoms with Crippen molar-refractivity contribution in [3.63, 3.8) is 0 Å². The molecule has 0 fully saturated rings. The number of ether oxygens (including phenoxy) is 1. The zero-order chi connectivity index (χ0) is 15.3. The number of benzene rings is 2. The second-order valence-corrected chi connectivity index (χ2v) is 6.25. The van der Waals surface area contributed by atoms with E-state index in [1.807, 2.05) is 0 Å². The monoisotopic (exact) mass is 329 g/mol. The van der Waals surface area contributed by atoms with Crippen molar-refractivity contribution < 1.29 is 17.5 Å². The van der Waals surface area contributed by atoms with Crippen LogP contribution >= 0.6 is 11.6 Å². The average molecular weight is 330 g/mol. The molecule has 0 saturated heterocycles. The molecule has 7 heteroatoms. The van der Waals surface area contributed by atoms with E-state index in [9.17, 15) is 12.8 Å². The van der Waals surface area contributed by atoms with Crippen molar-refractivity contribution >= 4 is 21.6 Å². The lowest BCUT2D eigenvalue weighted by Crippen LogP contribution is -2.28. The Kier molecular flexibility index (Phi) is 5.17. The highest BCUT2D eigenvalue weighted by molar-refractivity contribution is 7.89. The van der Waals surface area contributed by atoms with E-state index in [1.165, 1.54) is 24.3 Å². The standard InChI is InChI=1S/C14H13ClFNO3S/c15-11-5-1-4-8-14(11)21(18,19)17-9-10-20-13-7-3-2-6-12(13)16/h1-8,17H,9-10H2. The van der Waals surface area contributed by atoms with E-state index in [-0.39, 0.29) is 28.8 Å². The molecule has 2 rings (SSSR count). The van der Waals surface area contributed by atoms with Crippen molar-refractivity contribution in [2.24, 2.45) is 0 Å². The summed E-state index contributed by atoms with van der Waals surface area (Å²) in [5.41, 5.74) is 0. The first kappa shape index (κ1) is 15.8. The van der Waals surface area contributed by atoms with Crippen LogP contribution in [-0.2, 0) is 10.0 Å². The largest absolute Gasteiger partial charge is 0.489 e. The summed E-state index contributed by atoms with van der Waals surface area (Å²) >= 11 is 5.84. The van der Waals surface area contributed by atoms with Crippen molar-refractivity contribution in [1.29, 1.82) is 0 Å². The smallest absolute Gasteiger partial charge is 0.242 e. The lowest BCUT2D eigenvalue weighted by molar-refractivity contribution is 0.306. The topological polar surface area (TPSA) is 55.4 Å².